The lowest BCUT2D eigenvalue weighted by Gasteiger charge is -2.36. The van der Waals surface area contributed by atoms with E-state index in [-0.39, 0.29) is 5.60 Å². The number of allylic oxidation sites excluding steroid dienone is 5. The van der Waals surface area contributed by atoms with Crippen LogP contribution in [0.4, 0.5) is 0 Å². The van der Waals surface area contributed by atoms with Crippen LogP contribution in [0, 0.1) is 6.92 Å². The summed E-state index contributed by atoms with van der Waals surface area (Å²) in [4.78, 5) is 10.8. The molecule has 1 heterocycles. The van der Waals surface area contributed by atoms with Crippen molar-refractivity contribution in [3.05, 3.63) is 58.2 Å². The molecule has 2 rings (SSSR count). The van der Waals surface area contributed by atoms with Gasteiger partial charge in [0.15, 0.2) is 0 Å². The average Bonchev–Trinajstić information content (AvgIpc) is 2.68. The van der Waals surface area contributed by atoms with E-state index >= 15 is 0 Å². The van der Waals surface area contributed by atoms with Gasteiger partial charge >= 0.3 is 5.97 Å². The highest BCUT2D eigenvalue weighted by molar-refractivity contribution is 5.85. The Morgan fingerprint density at radius 1 is 1.06 bits per heavy atom. The Labute approximate surface area is 187 Å². The van der Waals surface area contributed by atoms with Gasteiger partial charge in [0.1, 0.15) is 17.1 Å². The zero-order valence-corrected chi connectivity index (χ0v) is 19.8. The van der Waals surface area contributed by atoms with Crippen LogP contribution in [0.25, 0.3) is 0 Å². The zero-order chi connectivity index (χ0) is 23.0. The molecule has 4 heteroatoms. The minimum atomic E-state index is -0.839. The minimum absolute atomic E-state index is 0.163. The number of rotatable bonds is 10. The van der Waals surface area contributed by atoms with Crippen LogP contribution in [0.1, 0.15) is 83.8 Å². The molecule has 0 amide bonds. The number of carboxylic acids is 1. The normalized spacial score (nSPS) is 19.7. The largest absolute Gasteiger partial charge is 0.508 e. The van der Waals surface area contributed by atoms with Crippen LogP contribution in [-0.2, 0) is 11.2 Å². The van der Waals surface area contributed by atoms with Gasteiger partial charge in [0.25, 0.3) is 0 Å². The third kappa shape index (κ3) is 7.93. The maximum absolute atomic E-state index is 10.8. The van der Waals surface area contributed by atoms with Gasteiger partial charge in [-0.15, -0.1) is 0 Å². The fourth-order valence-electron chi connectivity index (χ4n) is 4.01. The first-order chi connectivity index (χ1) is 14.6. The van der Waals surface area contributed by atoms with Crippen LogP contribution in [-0.4, -0.2) is 21.8 Å². The van der Waals surface area contributed by atoms with Crippen LogP contribution < -0.4 is 4.74 Å². The van der Waals surface area contributed by atoms with E-state index < -0.39 is 5.97 Å². The van der Waals surface area contributed by atoms with Gasteiger partial charge in [-0.2, -0.15) is 0 Å². The van der Waals surface area contributed by atoms with Gasteiger partial charge in [0, 0.05) is 5.57 Å². The number of aromatic hydroxyl groups is 1. The number of hydrogen-bond donors (Lipinski definition) is 2. The summed E-state index contributed by atoms with van der Waals surface area (Å²) < 4.78 is 6.38. The third-order valence-electron chi connectivity index (χ3n) is 6.13. The van der Waals surface area contributed by atoms with Gasteiger partial charge in [-0.1, -0.05) is 29.4 Å². The first-order valence-corrected chi connectivity index (χ1v) is 11.3. The van der Waals surface area contributed by atoms with Crippen molar-refractivity contribution in [1.29, 1.82) is 0 Å². The summed E-state index contributed by atoms with van der Waals surface area (Å²) in [5, 5.41) is 18.7. The van der Waals surface area contributed by atoms with E-state index in [2.05, 4.69) is 32.9 Å². The molecule has 4 nitrogen and oxygen atoms in total. The molecule has 0 bridgehead atoms. The second-order valence-electron chi connectivity index (χ2n) is 9.21. The van der Waals surface area contributed by atoms with Crippen molar-refractivity contribution in [2.45, 2.75) is 91.6 Å². The Hall–Kier alpha value is -2.49. The molecule has 0 saturated carbocycles. The van der Waals surface area contributed by atoms with Crippen LogP contribution in [0.2, 0.25) is 0 Å². The third-order valence-corrected chi connectivity index (χ3v) is 6.13. The Morgan fingerprint density at radius 2 is 1.68 bits per heavy atom. The zero-order valence-electron chi connectivity index (χ0n) is 19.8. The molecule has 0 aromatic heterocycles. The molecule has 0 spiro atoms. The van der Waals surface area contributed by atoms with E-state index in [1.807, 2.05) is 13.0 Å². The Balaban J connectivity index is 1.77. The fraction of sp³-hybridized carbons (Fsp3) is 0.519. The number of hydrogen-bond acceptors (Lipinski definition) is 3. The molecule has 1 aromatic rings. The highest BCUT2D eigenvalue weighted by atomic mass is 16.5. The van der Waals surface area contributed by atoms with Crippen molar-refractivity contribution in [3.63, 3.8) is 0 Å². The van der Waals surface area contributed by atoms with Crippen LogP contribution in [0.5, 0.6) is 11.5 Å². The quantitative estimate of drug-likeness (QED) is 0.311. The van der Waals surface area contributed by atoms with Gasteiger partial charge < -0.3 is 14.9 Å². The SMILES string of the molecule is CC(=CCCC(C)=CCC[C@@]1(C)CCc2cc(O)cc(C)c2O1)CCC=C(C)C(=O)O. The van der Waals surface area contributed by atoms with Crippen LogP contribution in [0.15, 0.2) is 47.1 Å². The van der Waals surface area contributed by atoms with Crippen molar-refractivity contribution in [2.75, 3.05) is 0 Å². The summed E-state index contributed by atoms with van der Waals surface area (Å²) in [5.74, 6) is 0.424. The monoisotopic (exact) mass is 426 g/mol. The van der Waals surface area contributed by atoms with Gasteiger partial charge in [0.2, 0.25) is 0 Å². The van der Waals surface area contributed by atoms with E-state index in [9.17, 15) is 9.90 Å². The van der Waals surface area contributed by atoms with Crippen molar-refractivity contribution in [1.82, 2.24) is 0 Å². The molecule has 1 aromatic carbocycles. The van der Waals surface area contributed by atoms with Gasteiger partial charge in [-0.25, -0.2) is 4.79 Å². The topological polar surface area (TPSA) is 66.8 Å². The van der Waals surface area contributed by atoms with E-state index in [4.69, 9.17) is 9.84 Å². The Bertz CT molecular complexity index is 875. The number of ether oxygens (including phenoxy) is 1. The van der Waals surface area contributed by atoms with Gasteiger partial charge in [-0.05, 0) is 109 Å². The highest BCUT2D eigenvalue weighted by Gasteiger charge is 2.31. The standard InChI is InChI=1S/C27H38O4/c1-19(11-7-13-21(3)26(29)30)9-6-10-20(2)12-8-15-27(5)16-14-23-18-24(28)17-22(4)25(23)31-27/h9,12-13,17-18,28H,6-8,10-11,14-16H2,1-5H3,(H,29,30)/t27-/m0/s1. The lowest BCUT2D eigenvalue weighted by atomic mass is 9.87. The van der Waals surface area contributed by atoms with Crippen LogP contribution >= 0.6 is 0 Å². The average molecular weight is 427 g/mol. The van der Waals surface area contributed by atoms with Crippen LogP contribution in [0.3, 0.4) is 0 Å². The predicted octanol–water partition coefficient (Wildman–Crippen LogP) is 7.05. The summed E-state index contributed by atoms with van der Waals surface area (Å²) in [7, 11) is 0. The van der Waals surface area contributed by atoms with Crippen molar-refractivity contribution in [2.24, 2.45) is 0 Å². The first-order valence-electron chi connectivity index (χ1n) is 11.3. The summed E-state index contributed by atoms with van der Waals surface area (Å²) in [6, 6.07) is 3.60. The summed E-state index contributed by atoms with van der Waals surface area (Å²) in [5.41, 5.74) is 5.07. The molecular formula is C27H38O4. The number of carbonyl (C=O) groups is 1. The summed E-state index contributed by atoms with van der Waals surface area (Å²) >= 11 is 0. The van der Waals surface area contributed by atoms with Crippen molar-refractivity contribution < 1.29 is 19.7 Å². The fourth-order valence-corrected chi connectivity index (χ4v) is 4.01. The number of phenols is 1. The molecule has 0 fully saturated rings. The highest BCUT2D eigenvalue weighted by Crippen LogP contribution is 2.39. The van der Waals surface area contributed by atoms with Crippen molar-refractivity contribution >= 4 is 5.97 Å². The number of carboxylic acid groups (broad SMARTS) is 1. The summed E-state index contributed by atoms with van der Waals surface area (Å²) in [6.07, 6.45) is 14.0. The molecule has 0 aliphatic carbocycles. The second-order valence-corrected chi connectivity index (χ2v) is 9.21. The van der Waals surface area contributed by atoms with E-state index in [0.29, 0.717) is 11.3 Å². The first kappa shape index (κ1) is 24.8. The maximum atomic E-state index is 10.8. The molecule has 1 aliphatic heterocycles. The maximum Gasteiger partial charge on any atom is 0.330 e. The second kappa shape index (κ2) is 11.2. The number of phenolic OH excluding ortho intramolecular Hbond substituents is 1. The predicted molar refractivity (Wildman–Crippen MR) is 127 cm³/mol. The molecular weight excluding hydrogens is 388 g/mol. The number of benzene rings is 1. The molecule has 170 valence electrons. The number of aliphatic carboxylic acids is 1. The molecule has 31 heavy (non-hydrogen) atoms. The minimum Gasteiger partial charge on any atom is -0.508 e. The van der Waals surface area contributed by atoms with E-state index in [1.165, 1.54) is 11.1 Å². The Kier molecular flexibility index (Phi) is 8.97. The molecule has 0 saturated heterocycles. The summed E-state index contributed by atoms with van der Waals surface area (Å²) in [6.45, 7) is 10.1. The lowest BCUT2D eigenvalue weighted by Crippen LogP contribution is -2.36. The van der Waals surface area contributed by atoms with Gasteiger partial charge in [-0.3, -0.25) is 0 Å². The smallest absolute Gasteiger partial charge is 0.330 e. The molecule has 1 aliphatic rings. The Morgan fingerprint density at radius 3 is 2.32 bits per heavy atom. The van der Waals surface area contributed by atoms with Gasteiger partial charge in [0.05, 0.1) is 0 Å². The molecule has 0 radical (unpaired) electrons. The van der Waals surface area contributed by atoms with E-state index in [1.54, 1.807) is 19.1 Å². The molecule has 1 atom stereocenters. The number of aryl methyl sites for hydroxylation is 2. The lowest BCUT2D eigenvalue weighted by molar-refractivity contribution is -0.132. The number of fused-ring (bicyclic) bond motifs is 1. The van der Waals surface area contributed by atoms with Crippen molar-refractivity contribution in [3.8, 4) is 11.5 Å². The molecule has 2 N–H and O–H groups in total. The molecule has 0 unspecified atom stereocenters. The van der Waals surface area contributed by atoms with E-state index in [0.717, 1.165) is 68.2 Å².